The zero-order valence-electron chi connectivity index (χ0n) is 11.8. The van der Waals surface area contributed by atoms with Crippen LogP contribution in [0.25, 0.3) is 0 Å². The lowest BCUT2D eigenvalue weighted by Crippen LogP contribution is -2.23. The highest BCUT2D eigenvalue weighted by atomic mass is 32.2. The number of nitriles is 1. The van der Waals surface area contributed by atoms with Crippen molar-refractivity contribution >= 4 is 21.7 Å². The lowest BCUT2D eigenvalue weighted by molar-refractivity contribution is -0.115. The van der Waals surface area contributed by atoms with Crippen molar-refractivity contribution in [2.24, 2.45) is 0 Å². The van der Waals surface area contributed by atoms with E-state index in [-0.39, 0.29) is 29.6 Å². The highest BCUT2D eigenvalue weighted by Crippen LogP contribution is 2.21. The lowest BCUT2D eigenvalue weighted by Gasteiger charge is -2.13. The third-order valence-electron chi connectivity index (χ3n) is 2.57. The Morgan fingerprint density at radius 3 is 2.62 bits per heavy atom. The summed E-state index contributed by atoms with van der Waals surface area (Å²) in [5.74, 6) is -0.549. The van der Waals surface area contributed by atoms with Gasteiger partial charge in [-0.15, -0.1) is 0 Å². The van der Waals surface area contributed by atoms with Gasteiger partial charge in [0.1, 0.15) is 11.3 Å². The van der Waals surface area contributed by atoms with Crippen molar-refractivity contribution in [3.8, 4) is 6.07 Å². The van der Waals surface area contributed by atoms with Gasteiger partial charge in [-0.25, -0.2) is 0 Å². The summed E-state index contributed by atoms with van der Waals surface area (Å²) in [5, 5.41) is 13.8. The van der Waals surface area contributed by atoms with Crippen LogP contribution in [0.3, 0.4) is 0 Å². The molecule has 0 unspecified atom stereocenters. The molecule has 7 nitrogen and oxygen atoms in total. The van der Waals surface area contributed by atoms with E-state index in [9.17, 15) is 17.8 Å². The molecule has 0 bridgehead atoms. The number of rotatable bonds is 6. The Morgan fingerprint density at radius 2 is 2.10 bits per heavy atom. The lowest BCUT2D eigenvalue weighted by atomic mass is 10.2. The van der Waals surface area contributed by atoms with Crippen LogP contribution >= 0.6 is 0 Å². The summed E-state index contributed by atoms with van der Waals surface area (Å²) in [6.45, 7) is 4.08. The van der Waals surface area contributed by atoms with E-state index in [4.69, 9.17) is 5.26 Å². The van der Waals surface area contributed by atoms with Crippen LogP contribution in [-0.4, -0.2) is 24.9 Å². The Labute approximate surface area is 123 Å². The van der Waals surface area contributed by atoms with Crippen molar-refractivity contribution in [2.45, 2.75) is 37.8 Å². The van der Waals surface area contributed by atoms with Gasteiger partial charge in [-0.1, -0.05) is 19.9 Å². The Bertz CT molecular complexity index is 662. The molecular weight excluding hydrogens is 294 g/mol. The zero-order chi connectivity index (χ0) is 16.0. The van der Waals surface area contributed by atoms with Crippen molar-refractivity contribution in [3.05, 3.63) is 23.8 Å². The second-order valence-electron chi connectivity index (χ2n) is 4.72. The van der Waals surface area contributed by atoms with Crippen molar-refractivity contribution in [1.82, 2.24) is 5.32 Å². The first-order valence-electron chi connectivity index (χ1n) is 6.24. The highest BCUT2D eigenvalue weighted by Gasteiger charge is 2.17. The number of nitrogens with one attached hydrogen (secondary N) is 2. The summed E-state index contributed by atoms with van der Waals surface area (Å²) >= 11 is 0. The summed E-state index contributed by atoms with van der Waals surface area (Å²) in [6.07, 6.45) is -0.335. The molecule has 1 aromatic carbocycles. The van der Waals surface area contributed by atoms with Crippen molar-refractivity contribution in [3.63, 3.8) is 0 Å². The molecule has 8 heteroatoms. The van der Waals surface area contributed by atoms with E-state index < -0.39 is 16.0 Å². The Balaban J connectivity index is 3.08. The second-order valence-corrected chi connectivity index (χ2v) is 6.11. The molecule has 0 saturated carbocycles. The van der Waals surface area contributed by atoms with Crippen LogP contribution in [0.4, 0.5) is 5.69 Å². The van der Waals surface area contributed by atoms with Crippen molar-refractivity contribution < 1.29 is 17.8 Å². The predicted molar refractivity (Wildman–Crippen MR) is 77.1 cm³/mol. The van der Waals surface area contributed by atoms with Crippen LogP contribution in [0.2, 0.25) is 0 Å². The van der Waals surface area contributed by atoms with E-state index in [2.05, 4.69) is 10.6 Å². The zero-order valence-corrected chi connectivity index (χ0v) is 12.6. The fraction of sp³-hybridized carbons (Fsp3) is 0.385. The molecule has 0 aliphatic rings. The van der Waals surface area contributed by atoms with Gasteiger partial charge in [0.05, 0.1) is 6.07 Å². The van der Waals surface area contributed by atoms with Crippen molar-refractivity contribution in [1.29, 1.82) is 5.26 Å². The Kier molecular flexibility index (Phi) is 5.84. The molecule has 0 aliphatic heterocycles. The fourth-order valence-corrected chi connectivity index (χ4v) is 2.36. The first kappa shape index (κ1) is 17.1. The molecule has 1 rings (SSSR count). The molecule has 0 heterocycles. The average molecular weight is 311 g/mol. The summed E-state index contributed by atoms with van der Waals surface area (Å²) in [6, 6.07) is 6.02. The van der Waals surface area contributed by atoms with E-state index >= 15 is 0 Å². The van der Waals surface area contributed by atoms with Crippen molar-refractivity contribution in [2.75, 3.05) is 5.32 Å². The predicted octanol–water partition coefficient (Wildman–Crippen LogP) is 1.28. The minimum absolute atomic E-state index is 0.147. The second kappa shape index (κ2) is 7.17. The van der Waals surface area contributed by atoms with Gasteiger partial charge < -0.3 is 10.6 Å². The van der Waals surface area contributed by atoms with E-state index in [1.54, 1.807) is 6.07 Å². The molecule has 0 aliphatic carbocycles. The first-order chi connectivity index (χ1) is 9.74. The van der Waals surface area contributed by atoms with Crippen LogP contribution in [0.1, 0.15) is 25.8 Å². The average Bonchev–Trinajstić information content (AvgIpc) is 2.36. The molecule has 0 saturated heterocycles. The molecule has 0 spiro atoms. The maximum atomic E-state index is 11.4. The summed E-state index contributed by atoms with van der Waals surface area (Å²) in [7, 11) is -4.41. The van der Waals surface area contributed by atoms with Gasteiger partial charge in [-0.05, 0) is 17.7 Å². The topological polar surface area (TPSA) is 119 Å². The molecule has 114 valence electrons. The van der Waals surface area contributed by atoms with Gasteiger partial charge in [0.25, 0.3) is 10.1 Å². The summed E-state index contributed by atoms with van der Waals surface area (Å²) < 4.78 is 32.1. The molecule has 21 heavy (non-hydrogen) atoms. The molecule has 0 aromatic heterocycles. The molecule has 0 fully saturated rings. The molecule has 1 amide bonds. The number of nitrogens with zero attached hydrogens (tertiary/aromatic N) is 1. The van der Waals surface area contributed by atoms with E-state index in [1.165, 1.54) is 18.2 Å². The van der Waals surface area contributed by atoms with E-state index in [0.717, 1.165) is 0 Å². The smallest absolute Gasteiger partial charge is 0.294 e. The van der Waals surface area contributed by atoms with Gasteiger partial charge in [0.2, 0.25) is 5.91 Å². The number of carbonyl (C=O) groups excluding carboxylic acids is 1. The maximum Gasteiger partial charge on any atom is 0.294 e. The summed E-state index contributed by atoms with van der Waals surface area (Å²) in [5.41, 5.74) is 0.598. The Hall–Kier alpha value is -1.95. The number of anilines is 1. The van der Waals surface area contributed by atoms with Crippen LogP contribution in [0, 0.1) is 11.3 Å². The number of hydrogen-bond donors (Lipinski definition) is 3. The van der Waals surface area contributed by atoms with Crippen LogP contribution < -0.4 is 10.6 Å². The molecule has 3 N–H and O–H groups in total. The largest absolute Gasteiger partial charge is 0.325 e. The molecular formula is C13H17N3O4S. The Morgan fingerprint density at radius 1 is 1.43 bits per heavy atom. The molecule has 0 radical (unpaired) electrons. The summed E-state index contributed by atoms with van der Waals surface area (Å²) in [4.78, 5) is 11.0. The number of amides is 1. The van der Waals surface area contributed by atoms with Crippen LogP contribution in [0.15, 0.2) is 23.1 Å². The van der Waals surface area contributed by atoms with Gasteiger partial charge in [-0.3, -0.25) is 9.35 Å². The number of hydrogen-bond acceptors (Lipinski definition) is 5. The SMILES string of the molecule is CC(C)NCc1ccc(NC(=O)CC#N)cc1S(=O)(=O)O. The minimum Gasteiger partial charge on any atom is -0.325 e. The van der Waals surface area contributed by atoms with Gasteiger partial charge in [0, 0.05) is 18.3 Å². The minimum atomic E-state index is -4.41. The molecule has 0 atom stereocenters. The van der Waals surface area contributed by atoms with Gasteiger partial charge in [-0.2, -0.15) is 13.7 Å². The molecule has 1 aromatic rings. The maximum absolute atomic E-state index is 11.4. The van der Waals surface area contributed by atoms with Crippen LogP contribution in [-0.2, 0) is 21.5 Å². The fourth-order valence-electron chi connectivity index (χ4n) is 1.61. The standard InChI is InChI=1S/C13H17N3O4S/c1-9(2)15-8-10-3-4-11(16-13(17)5-6-14)7-12(10)21(18,19)20/h3-4,7,9,15H,5,8H2,1-2H3,(H,16,17)(H,18,19,20). The third-order valence-corrected chi connectivity index (χ3v) is 3.51. The monoisotopic (exact) mass is 311 g/mol. The van der Waals surface area contributed by atoms with Gasteiger partial charge in [0.15, 0.2) is 0 Å². The number of carbonyl (C=O) groups is 1. The number of benzene rings is 1. The van der Waals surface area contributed by atoms with E-state index in [0.29, 0.717) is 5.56 Å². The normalized spacial score (nSPS) is 11.2. The van der Waals surface area contributed by atoms with Gasteiger partial charge >= 0.3 is 0 Å². The third kappa shape index (κ3) is 5.51. The quantitative estimate of drug-likeness (QED) is 0.681. The van der Waals surface area contributed by atoms with Crippen LogP contribution in [0.5, 0.6) is 0 Å². The highest BCUT2D eigenvalue weighted by molar-refractivity contribution is 7.85. The van der Waals surface area contributed by atoms with E-state index in [1.807, 2.05) is 13.8 Å². The first-order valence-corrected chi connectivity index (χ1v) is 7.68.